The first-order valence-electron chi connectivity index (χ1n) is 7.56. The van der Waals surface area contributed by atoms with Crippen LogP contribution in [0.1, 0.15) is 31.1 Å². The first-order valence-corrected chi connectivity index (χ1v) is 7.56. The van der Waals surface area contributed by atoms with Gasteiger partial charge in [-0.1, -0.05) is 26.0 Å². The van der Waals surface area contributed by atoms with Gasteiger partial charge >= 0.3 is 5.69 Å². The second kappa shape index (κ2) is 7.31. The standard InChI is InChI=1S/C16H20FN3O4/c1-9(2)13(14(21)19-24)20-15(22)12(18-16(20)23)7-6-10-4-3-5-11(17)8-10/h3-5,8-9,13,22,24H,6-7H2,1-2H3,(H,18,23)(H,19,21). The highest BCUT2D eigenvalue weighted by Crippen LogP contribution is 2.24. The number of hydrogen-bond acceptors (Lipinski definition) is 4. The number of aromatic hydroxyl groups is 1. The number of carbonyl (C=O) groups excluding carboxylic acids is 1. The number of aromatic amines is 1. The normalized spacial score (nSPS) is 12.4. The predicted molar refractivity (Wildman–Crippen MR) is 84.3 cm³/mol. The quantitative estimate of drug-likeness (QED) is 0.473. The van der Waals surface area contributed by atoms with Crippen molar-refractivity contribution >= 4 is 5.91 Å². The Kier molecular flexibility index (Phi) is 5.40. The third-order valence-electron chi connectivity index (χ3n) is 3.82. The monoisotopic (exact) mass is 337 g/mol. The smallest absolute Gasteiger partial charge is 0.329 e. The number of amides is 1. The van der Waals surface area contributed by atoms with Crippen molar-refractivity contribution in [3.8, 4) is 5.88 Å². The van der Waals surface area contributed by atoms with Crippen LogP contribution in [0, 0.1) is 11.7 Å². The molecule has 1 aromatic carbocycles. The minimum absolute atomic E-state index is 0.251. The zero-order valence-corrected chi connectivity index (χ0v) is 13.4. The first-order chi connectivity index (χ1) is 11.3. The molecule has 130 valence electrons. The molecule has 24 heavy (non-hydrogen) atoms. The lowest BCUT2D eigenvalue weighted by molar-refractivity contribution is -0.134. The minimum Gasteiger partial charge on any atom is -0.493 e. The molecule has 1 aromatic heterocycles. The van der Waals surface area contributed by atoms with E-state index in [-0.39, 0.29) is 29.7 Å². The Morgan fingerprint density at radius 3 is 2.67 bits per heavy atom. The van der Waals surface area contributed by atoms with Crippen molar-refractivity contribution in [3.05, 3.63) is 51.8 Å². The Balaban J connectivity index is 2.28. The van der Waals surface area contributed by atoms with Gasteiger partial charge in [-0.25, -0.2) is 14.7 Å². The zero-order chi connectivity index (χ0) is 17.9. The van der Waals surface area contributed by atoms with Gasteiger partial charge in [0.2, 0.25) is 5.88 Å². The molecule has 0 spiro atoms. The average Bonchev–Trinajstić information content (AvgIpc) is 2.80. The van der Waals surface area contributed by atoms with Gasteiger partial charge in [0, 0.05) is 0 Å². The van der Waals surface area contributed by atoms with Crippen LogP contribution in [0.25, 0.3) is 0 Å². The van der Waals surface area contributed by atoms with E-state index in [0.29, 0.717) is 6.42 Å². The zero-order valence-electron chi connectivity index (χ0n) is 13.4. The van der Waals surface area contributed by atoms with Crippen molar-refractivity contribution in [1.82, 2.24) is 15.0 Å². The fourth-order valence-corrected chi connectivity index (χ4v) is 2.67. The van der Waals surface area contributed by atoms with Gasteiger partial charge in [0.1, 0.15) is 11.9 Å². The summed E-state index contributed by atoms with van der Waals surface area (Å²) in [5.74, 6) is -1.85. The molecule has 0 fully saturated rings. The van der Waals surface area contributed by atoms with Gasteiger partial charge in [0.15, 0.2) is 0 Å². The molecule has 7 nitrogen and oxygen atoms in total. The maximum Gasteiger partial charge on any atom is 0.329 e. The lowest BCUT2D eigenvalue weighted by Gasteiger charge is -2.19. The van der Waals surface area contributed by atoms with Crippen LogP contribution in [-0.4, -0.2) is 25.8 Å². The molecule has 8 heteroatoms. The molecule has 1 atom stereocenters. The number of rotatable bonds is 6. The number of hydrogen-bond donors (Lipinski definition) is 4. The number of H-pyrrole nitrogens is 1. The topological polar surface area (TPSA) is 107 Å². The highest BCUT2D eigenvalue weighted by Gasteiger charge is 2.29. The number of benzene rings is 1. The number of aryl methyl sites for hydroxylation is 2. The molecule has 0 aliphatic carbocycles. The molecule has 0 saturated heterocycles. The van der Waals surface area contributed by atoms with Crippen molar-refractivity contribution in [2.45, 2.75) is 32.7 Å². The second-order valence-corrected chi connectivity index (χ2v) is 5.90. The molecule has 0 saturated carbocycles. The molecule has 1 unspecified atom stereocenters. The lowest BCUT2D eigenvalue weighted by Crippen LogP contribution is -2.37. The van der Waals surface area contributed by atoms with Crippen LogP contribution >= 0.6 is 0 Å². The van der Waals surface area contributed by atoms with Gasteiger partial charge in [-0.3, -0.25) is 14.6 Å². The molecule has 0 radical (unpaired) electrons. The summed E-state index contributed by atoms with van der Waals surface area (Å²) in [6, 6.07) is 4.98. The summed E-state index contributed by atoms with van der Waals surface area (Å²) in [5.41, 5.74) is 1.83. The summed E-state index contributed by atoms with van der Waals surface area (Å²) in [5, 5.41) is 19.1. The SMILES string of the molecule is CC(C)C(C(=O)NO)n1c(O)c(CCc2cccc(F)c2)[nH]c1=O. The van der Waals surface area contributed by atoms with Crippen LogP contribution in [0.3, 0.4) is 0 Å². The highest BCUT2D eigenvalue weighted by atomic mass is 19.1. The van der Waals surface area contributed by atoms with E-state index in [1.165, 1.54) is 17.6 Å². The number of nitrogens with zero attached hydrogens (tertiary/aromatic N) is 1. The van der Waals surface area contributed by atoms with E-state index >= 15 is 0 Å². The summed E-state index contributed by atoms with van der Waals surface area (Å²) < 4.78 is 14.1. The fraction of sp³-hybridized carbons (Fsp3) is 0.375. The third kappa shape index (κ3) is 3.65. The van der Waals surface area contributed by atoms with Crippen molar-refractivity contribution < 1.29 is 19.5 Å². The van der Waals surface area contributed by atoms with E-state index in [4.69, 9.17) is 5.21 Å². The summed E-state index contributed by atoms with van der Waals surface area (Å²) in [7, 11) is 0. The second-order valence-electron chi connectivity index (χ2n) is 5.90. The van der Waals surface area contributed by atoms with E-state index in [9.17, 15) is 19.1 Å². The van der Waals surface area contributed by atoms with E-state index in [0.717, 1.165) is 10.1 Å². The number of carbonyl (C=O) groups is 1. The number of aromatic nitrogens is 2. The molecule has 0 bridgehead atoms. The van der Waals surface area contributed by atoms with E-state index in [1.807, 2.05) is 0 Å². The van der Waals surface area contributed by atoms with E-state index in [1.54, 1.807) is 26.0 Å². The Hall–Kier alpha value is -2.61. The van der Waals surface area contributed by atoms with E-state index in [2.05, 4.69) is 4.98 Å². The third-order valence-corrected chi connectivity index (χ3v) is 3.82. The van der Waals surface area contributed by atoms with Crippen molar-refractivity contribution in [3.63, 3.8) is 0 Å². The summed E-state index contributed by atoms with van der Waals surface area (Å²) in [4.78, 5) is 26.4. The maximum absolute atomic E-state index is 13.2. The van der Waals surface area contributed by atoms with Gasteiger partial charge in [-0.05, 0) is 36.5 Å². The van der Waals surface area contributed by atoms with Gasteiger partial charge in [0.25, 0.3) is 5.91 Å². The largest absolute Gasteiger partial charge is 0.493 e. The Bertz CT molecular complexity index is 782. The lowest BCUT2D eigenvalue weighted by atomic mass is 10.0. The molecule has 4 N–H and O–H groups in total. The molecule has 0 aliphatic heterocycles. The van der Waals surface area contributed by atoms with Gasteiger partial charge in [-0.2, -0.15) is 0 Å². The predicted octanol–water partition coefficient (Wildman–Crippen LogP) is 1.51. The molecular weight excluding hydrogens is 317 g/mol. The Labute approximate surface area is 137 Å². The number of nitrogens with one attached hydrogen (secondary N) is 2. The van der Waals surface area contributed by atoms with Crippen molar-refractivity contribution in [2.75, 3.05) is 0 Å². The number of imidazole rings is 1. The van der Waals surface area contributed by atoms with Crippen LogP contribution in [0.4, 0.5) is 4.39 Å². The molecule has 1 heterocycles. The number of hydroxylamine groups is 1. The molecule has 2 aromatic rings. The Morgan fingerprint density at radius 1 is 1.38 bits per heavy atom. The average molecular weight is 337 g/mol. The van der Waals surface area contributed by atoms with Crippen LogP contribution in [0.15, 0.2) is 29.1 Å². The maximum atomic E-state index is 13.2. The van der Waals surface area contributed by atoms with Crippen LogP contribution in [0.2, 0.25) is 0 Å². The van der Waals surface area contributed by atoms with Crippen LogP contribution in [-0.2, 0) is 17.6 Å². The molecule has 1 amide bonds. The minimum atomic E-state index is -1.05. The van der Waals surface area contributed by atoms with Crippen LogP contribution in [0.5, 0.6) is 5.88 Å². The van der Waals surface area contributed by atoms with E-state index < -0.39 is 17.6 Å². The molecule has 0 aliphatic rings. The molecule has 2 rings (SSSR count). The molecular formula is C16H20FN3O4. The van der Waals surface area contributed by atoms with Crippen LogP contribution < -0.4 is 11.2 Å². The Morgan fingerprint density at radius 2 is 2.08 bits per heavy atom. The van der Waals surface area contributed by atoms with Crippen molar-refractivity contribution in [1.29, 1.82) is 0 Å². The first kappa shape index (κ1) is 17.7. The van der Waals surface area contributed by atoms with Gasteiger partial charge in [0.05, 0.1) is 5.69 Å². The summed E-state index contributed by atoms with van der Waals surface area (Å²) in [6.45, 7) is 3.37. The summed E-state index contributed by atoms with van der Waals surface area (Å²) in [6.07, 6.45) is 0.674. The van der Waals surface area contributed by atoms with Gasteiger partial charge in [-0.15, -0.1) is 0 Å². The van der Waals surface area contributed by atoms with Crippen molar-refractivity contribution in [2.24, 2.45) is 5.92 Å². The number of halogens is 1. The highest BCUT2D eigenvalue weighted by molar-refractivity contribution is 5.79. The summed E-state index contributed by atoms with van der Waals surface area (Å²) >= 11 is 0. The fourth-order valence-electron chi connectivity index (χ4n) is 2.67. The van der Waals surface area contributed by atoms with Gasteiger partial charge < -0.3 is 10.1 Å².